The number of carboxylic acid groups (broad SMARTS) is 1. The van der Waals surface area contributed by atoms with Crippen LogP contribution in [0.2, 0.25) is 0 Å². The van der Waals surface area contributed by atoms with Gasteiger partial charge in [-0.1, -0.05) is 6.92 Å². The van der Waals surface area contributed by atoms with Crippen molar-refractivity contribution in [2.24, 2.45) is 0 Å². The van der Waals surface area contributed by atoms with Gasteiger partial charge >= 0.3 is 12.1 Å². The quantitative estimate of drug-likeness (QED) is 0.803. The number of aliphatic carboxylic acids is 1. The maximum absolute atomic E-state index is 12.2. The summed E-state index contributed by atoms with van der Waals surface area (Å²) in [5.74, 6) is -1.09. The minimum absolute atomic E-state index is 0.0775. The first-order valence-corrected chi connectivity index (χ1v) is 6.37. The fourth-order valence-electron chi connectivity index (χ4n) is 1.86. The van der Waals surface area contributed by atoms with Crippen molar-refractivity contribution in [2.75, 3.05) is 20.3 Å². The maximum Gasteiger partial charge on any atom is 0.411 e. The van der Waals surface area contributed by atoms with E-state index in [0.29, 0.717) is 0 Å². The van der Waals surface area contributed by atoms with Crippen molar-refractivity contribution >= 4 is 12.1 Å². The molecule has 0 fully saturated rings. The summed E-state index contributed by atoms with van der Waals surface area (Å²) in [6, 6.07) is 0. The van der Waals surface area contributed by atoms with Crippen LogP contribution in [0.4, 0.5) is 4.79 Å². The van der Waals surface area contributed by atoms with Crippen LogP contribution >= 0.6 is 0 Å². The van der Waals surface area contributed by atoms with Gasteiger partial charge in [-0.05, 0) is 34.1 Å². The minimum Gasteiger partial charge on any atom is -0.479 e. The van der Waals surface area contributed by atoms with Crippen molar-refractivity contribution < 1.29 is 24.2 Å². The van der Waals surface area contributed by atoms with Crippen molar-refractivity contribution in [1.29, 1.82) is 0 Å². The van der Waals surface area contributed by atoms with E-state index in [4.69, 9.17) is 9.47 Å². The summed E-state index contributed by atoms with van der Waals surface area (Å²) in [7, 11) is 1.41. The molecule has 112 valence electrons. The fourth-order valence-corrected chi connectivity index (χ4v) is 1.86. The Kier molecular flexibility index (Phi) is 6.29. The van der Waals surface area contributed by atoms with E-state index in [1.54, 1.807) is 34.6 Å². The molecule has 1 unspecified atom stereocenters. The molecule has 0 bridgehead atoms. The molecule has 0 saturated carbocycles. The summed E-state index contributed by atoms with van der Waals surface area (Å²) in [5, 5.41) is 9.47. The summed E-state index contributed by atoms with van der Waals surface area (Å²) in [6.45, 7) is 8.80. The fraction of sp³-hybridized carbons (Fsp3) is 0.846. The number of ether oxygens (including phenoxy) is 2. The van der Waals surface area contributed by atoms with E-state index in [1.807, 2.05) is 0 Å². The van der Waals surface area contributed by atoms with Gasteiger partial charge in [0.2, 0.25) is 0 Å². The first-order valence-electron chi connectivity index (χ1n) is 6.37. The number of likely N-dealkylation sites (N-methyl/N-ethyl adjacent to an activating group) is 1. The summed E-state index contributed by atoms with van der Waals surface area (Å²) in [6.07, 6.45) is -0.403. The molecular weight excluding hydrogens is 250 g/mol. The molecule has 6 nitrogen and oxygen atoms in total. The molecule has 0 aliphatic heterocycles. The number of carbonyl (C=O) groups excluding carboxylic acids is 1. The Morgan fingerprint density at radius 3 is 2.00 bits per heavy atom. The third kappa shape index (κ3) is 4.38. The lowest BCUT2D eigenvalue weighted by Gasteiger charge is -2.39. The van der Waals surface area contributed by atoms with Crippen LogP contribution in [-0.2, 0) is 14.3 Å². The zero-order valence-electron chi connectivity index (χ0n) is 12.6. The number of carbonyl (C=O) groups is 2. The maximum atomic E-state index is 12.2. The number of hydrogen-bond acceptors (Lipinski definition) is 4. The van der Waals surface area contributed by atoms with Crippen LogP contribution in [0.3, 0.4) is 0 Å². The molecule has 0 aromatic rings. The first kappa shape index (κ1) is 17.7. The number of methoxy groups -OCH3 is 1. The Morgan fingerprint density at radius 2 is 1.74 bits per heavy atom. The highest BCUT2D eigenvalue weighted by molar-refractivity contribution is 5.84. The topological polar surface area (TPSA) is 76.1 Å². The van der Waals surface area contributed by atoms with Crippen LogP contribution in [0.15, 0.2) is 0 Å². The zero-order valence-corrected chi connectivity index (χ0v) is 12.6. The van der Waals surface area contributed by atoms with Gasteiger partial charge in [-0.3, -0.25) is 4.90 Å². The number of rotatable bonds is 6. The van der Waals surface area contributed by atoms with Crippen LogP contribution < -0.4 is 0 Å². The Labute approximate surface area is 114 Å². The van der Waals surface area contributed by atoms with Gasteiger partial charge in [-0.15, -0.1) is 0 Å². The molecule has 0 aliphatic carbocycles. The molecule has 0 aromatic heterocycles. The predicted octanol–water partition coefficient (Wildman–Crippen LogP) is 2.12. The average molecular weight is 275 g/mol. The van der Waals surface area contributed by atoms with Crippen LogP contribution in [-0.4, -0.2) is 53.5 Å². The molecule has 1 amide bonds. The van der Waals surface area contributed by atoms with Crippen molar-refractivity contribution in [1.82, 2.24) is 4.90 Å². The first-order chi connectivity index (χ1) is 8.64. The zero-order chi connectivity index (χ0) is 15.3. The van der Waals surface area contributed by atoms with Crippen LogP contribution in [0.25, 0.3) is 0 Å². The Bertz CT molecular complexity index is 323. The molecule has 0 spiro atoms. The molecule has 0 rings (SSSR count). The van der Waals surface area contributed by atoms with E-state index in [-0.39, 0.29) is 19.6 Å². The smallest absolute Gasteiger partial charge is 0.411 e. The molecular formula is C13H25NO5. The summed E-state index contributed by atoms with van der Waals surface area (Å²) >= 11 is 0. The molecule has 6 heteroatoms. The Morgan fingerprint density at radius 1 is 1.21 bits per heavy atom. The largest absolute Gasteiger partial charge is 0.479 e. The van der Waals surface area contributed by atoms with Gasteiger partial charge < -0.3 is 14.6 Å². The highest BCUT2D eigenvalue weighted by Gasteiger charge is 2.46. The third-order valence-corrected chi connectivity index (χ3v) is 2.81. The second-order valence-electron chi connectivity index (χ2n) is 5.35. The minimum atomic E-state index is -1.40. The highest BCUT2D eigenvalue weighted by Crippen LogP contribution is 2.24. The van der Waals surface area contributed by atoms with Gasteiger partial charge in [-0.2, -0.15) is 0 Å². The van der Waals surface area contributed by atoms with Gasteiger partial charge in [0.25, 0.3) is 0 Å². The molecule has 0 aromatic carbocycles. The van der Waals surface area contributed by atoms with Crippen LogP contribution in [0.5, 0.6) is 0 Å². The van der Waals surface area contributed by atoms with E-state index >= 15 is 0 Å². The van der Waals surface area contributed by atoms with Gasteiger partial charge in [0.05, 0.1) is 6.61 Å². The summed E-state index contributed by atoms with van der Waals surface area (Å²) < 4.78 is 10.3. The van der Waals surface area contributed by atoms with Gasteiger partial charge in [0, 0.05) is 13.7 Å². The van der Waals surface area contributed by atoms with Gasteiger partial charge in [-0.25, -0.2) is 9.59 Å². The predicted molar refractivity (Wildman–Crippen MR) is 71.1 cm³/mol. The van der Waals surface area contributed by atoms with E-state index in [2.05, 4.69) is 0 Å². The van der Waals surface area contributed by atoms with Gasteiger partial charge in [0.15, 0.2) is 5.54 Å². The highest BCUT2D eigenvalue weighted by atomic mass is 16.6. The van der Waals surface area contributed by atoms with E-state index in [1.165, 1.54) is 12.0 Å². The van der Waals surface area contributed by atoms with Crippen molar-refractivity contribution in [3.05, 3.63) is 0 Å². The molecule has 1 N–H and O–H groups in total. The standard InChI is InChI=1S/C13H25NO5/c1-7-13(9-18-6,10(15)16)14(8-2)11(17)19-12(3,4)5/h7-9H2,1-6H3,(H,15,16). The second-order valence-corrected chi connectivity index (χ2v) is 5.35. The SMILES string of the molecule is CCN(C(=O)OC(C)(C)C)C(CC)(COC)C(=O)O. The molecule has 0 radical (unpaired) electrons. The van der Waals surface area contributed by atoms with Crippen molar-refractivity contribution in [3.63, 3.8) is 0 Å². The van der Waals surface area contributed by atoms with Crippen molar-refractivity contribution in [3.8, 4) is 0 Å². The van der Waals surface area contributed by atoms with E-state index < -0.39 is 23.2 Å². The normalized spacial score (nSPS) is 14.6. The number of amides is 1. The number of hydrogen-bond donors (Lipinski definition) is 1. The molecule has 19 heavy (non-hydrogen) atoms. The molecule has 0 saturated heterocycles. The summed E-state index contributed by atoms with van der Waals surface area (Å²) in [5.41, 5.74) is -2.07. The number of nitrogens with zero attached hydrogens (tertiary/aromatic N) is 1. The second kappa shape index (κ2) is 6.75. The van der Waals surface area contributed by atoms with Crippen LogP contribution in [0, 0.1) is 0 Å². The third-order valence-electron chi connectivity index (χ3n) is 2.81. The average Bonchev–Trinajstić information content (AvgIpc) is 2.25. The van der Waals surface area contributed by atoms with Crippen molar-refractivity contribution in [2.45, 2.75) is 52.2 Å². The molecule has 0 aliphatic rings. The van der Waals surface area contributed by atoms with E-state index in [0.717, 1.165) is 0 Å². The summed E-state index contributed by atoms with van der Waals surface area (Å²) in [4.78, 5) is 25.0. The monoisotopic (exact) mass is 275 g/mol. The molecule has 0 heterocycles. The lowest BCUT2D eigenvalue weighted by molar-refractivity contribution is -0.155. The number of carboxylic acids is 1. The molecule has 1 atom stereocenters. The lowest BCUT2D eigenvalue weighted by Crippen LogP contribution is -2.60. The van der Waals surface area contributed by atoms with Crippen LogP contribution in [0.1, 0.15) is 41.0 Å². The van der Waals surface area contributed by atoms with Gasteiger partial charge in [0.1, 0.15) is 5.60 Å². The lowest BCUT2D eigenvalue weighted by atomic mass is 9.95. The Hall–Kier alpha value is -1.30. The van der Waals surface area contributed by atoms with E-state index in [9.17, 15) is 14.7 Å². The Balaban J connectivity index is 5.36.